The van der Waals surface area contributed by atoms with Crippen LogP contribution in [0.1, 0.15) is 20.8 Å². The molecule has 1 aromatic rings. The second kappa shape index (κ2) is 6.44. The molecule has 1 aromatic carbocycles. The van der Waals surface area contributed by atoms with Gasteiger partial charge in [-0.15, -0.1) is 0 Å². The second-order valence-electron chi connectivity index (χ2n) is 7.22. The lowest BCUT2D eigenvalue weighted by Crippen LogP contribution is -2.38. The molecule has 0 aliphatic carbocycles. The molecule has 0 bridgehead atoms. The number of aliphatic imine (C=N–C) groups is 1. The molecule has 0 spiro atoms. The second-order valence-corrected chi connectivity index (χ2v) is 11.4. The number of anilines is 1. The average Bonchev–Trinajstić information content (AvgIpc) is 2.90. The first kappa shape index (κ1) is 19.0. The van der Waals surface area contributed by atoms with Gasteiger partial charge in [0.05, 0.1) is 28.3 Å². The lowest BCUT2D eigenvalue weighted by Gasteiger charge is -2.26. The molecule has 2 aliphatic heterocycles. The molecule has 2 aliphatic rings. The van der Waals surface area contributed by atoms with E-state index in [0.717, 1.165) is 0 Å². The van der Waals surface area contributed by atoms with Crippen molar-refractivity contribution in [2.45, 2.75) is 32.1 Å². The Bertz CT molecular complexity index is 863. The summed E-state index contributed by atoms with van der Waals surface area (Å²) in [4.78, 5) is 18.4. The summed E-state index contributed by atoms with van der Waals surface area (Å²) in [7, 11) is -3.12. The van der Waals surface area contributed by atoms with Gasteiger partial charge in [0.2, 0.25) is 0 Å². The topological polar surface area (TPSA) is 66.8 Å². The van der Waals surface area contributed by atoms with Crippen molar-refractivity contribution in [3.8, 4) is 0 Å². The standard InChI is InChI=1S/C16H18Cl2N2O3S2/c1-16(2,3)14(21)19-15-20(11-5-4-9(17)6-10(11)18)12-7-25(22,23)8-13(12)24-15/h4-6,12-13H,7-8H2,1-3H3. The minimum absolute atomic E-state index is 0.0202. The first-order chi connectivity index (χ1) is 11.5. The number of nitrogens with zero attached hydrogens (tertiary/aromatic N) is 2. The van der Waals surface area contributed by atoms with Gasteiger partial charge in [-0.2, -0.15) is 4.99 Å². The van der Waals surface area contributed by atoms with E-state index < -0.39 is 15.3 Å². The van der Waals surface area contributed by atoms with E-state index in [2.05, 4.69) is 4.99 Å². The van der Waals surface area contributed by atoms with Crippen molar-refractivity contribution < 1.29 is 13.2 Å². The number of rotatable bonds is 1. The van der Waals surface area contributed by atoms with E-state index in [9.17, 15) is 13.2 Å². The first-order valence-electron chi connectivity index (χ1n) is 7.72. The average molecular weight is 421 g/mol. The van der Waals surface area contributed by atoms with Gasteiger partial charge in [-0.05, 0) is 18.2 Å². The zero-order chi connectivity index (χ0) is 18.6. The highest BCUT2D eigenvalue weighted by molar-refractivity contribution is 8.16. The van der Waals surface area contributed by atoms with Crippen LogP contribution < -0.4 is 4.90 Å². The number of hydrogen-bond donors (Lipinski definition) is 0. The highest BCUT2D eigenvalue weighted by Crippen LogP contribution is 2.43. The minimum atomic E-state index is -3.12. The predicted molar refractivity (Wildman–Crippen MR) is 105 cm³/mol. The molecule has 2 fully saturated rings. The van der Waals surface area contributed by atoms with Crippen molar-refractivity contribution in [3.05, 3.63) is 28.2 Å². The maximum Gasteiger partial charge on any atom is 0.253 e. The first-order valence-corrected chi connectivity index (χ1v) is 11.2. The largest absolute Gasteiger partial charge is 0.314 e. The third-order valence-corrected chi connectivity index (χ3v) is 7.82. The maximum atomic E-state index is 12.4. The molecule has 136 valence electrons. The SMILES string of the molecule is CC(C)(C)C(=O)N=C1SC2CS(=O)(=O)CC2N1c1ccc(Cl)cc1Cl. The molecular formula is C16H18Cl2N2O3S2. The number of fused-ring (bicyclic) bond motifs is 1. The van der Waals surface area contributed by atoms with Crippen LogP contribution in [0.3, 0.4) is 0 Å². The molecule has 2 unspecified atom stereocenters. The van der Waals surface area contributed by atoms with Crippen molar-refractivity contribution in [1.82, 2.24) is 0 Å². The van der Waals surface area contributed by atoms with Crippen molar-refractivity contribution >= 4 is 61.6 Å². The van der Waals surface area contributed by atoms with Crippen LogP contribution in [0.2, 0.25) is 10.0 Å². The lowest BCUT2D eigenvalue weighted by atomic mass is 9.96. The summed E-state index contributed by atoms with van der Waals surface area (Å²) >= 11 is 13.6. The number of carbonyl (C=O) groups excluding carboxylic acids is 1. The van der Waals surface area contributed by atoms with Crippen molar-refractivity contribution in [1.29, 1.82) is 0 Å². The molecule has 0 aromatic heterocycles. The molecule has 2 heterocycles. The fourth-order valence-corrected chi connectivity index (χ4v) is 7.18. The van der Waals surface area contributed by atoms with Crippen LogP contribution in [0.4, 0.5) is 5.69 Å². The normalized spacial score (nSPS) is 26.9. The molecule has 2 atom stereocenters. The molecule has 25 heavy (non-hydrogen) atoms. The molecule has 2 saturated heterocycles. The highest BCUT2D eigenvalue weighted by Gasteiger charge is 2.50. The molecule has 0 N–H and O–H groups in total. The lowest BCUT2D eigenvalue weighted by molar-refractivity contribution is -0.124. The number of amides is 1. The molecular weight excluding hydrogens is 403 g/mol. The Hall–Kier alpha value is -0.760. The van der Waals surface area contributed by atoms with Crippen molar-refractivity contribution in [3.63, 3.8) is 0 Å². The van der Waals surface area contributed by atoms with Gasteiger partial charge in [0.25, 0.3) is 5.91 Å². The Morgan fingerprint density at radius 1 is 1.28 bits per heavy atom. The van der Waals surface area contributed by atoms with Crippen LogP contribution in [0, 0.1) is 5.41 Å². The summed E-state index contributed by atoms with van der Waals surface area (Å²) in [6.45, 7) is 5.39. The third kappa shape index (κ3) is 3.84. The summed E-state index contributed by atoms with van der Waals surface area (Å²) in [5.41, 5.74) is -0.00379. The summed E-state index contributed by atoms with van der Waals surface area (Å²) < 4.78 is 24.1. The molecule has 0 radical (unpaired) electrons. The summed E-state index contributed by atoms with van der Waals surface area (Å²) in [5, 5.41) is 1.21. The maximum absolute atomic E-state index is 12.4. The van der Waals surface area contributed by atoms with Gasteiger partial charge in [-0.1, -0.05) is 55.7 Å². The van der Waals surface area contributed by atoms with Gasteiger partial charge < -0.3 is 4.90 Å². The number of sulfone groups is 1. The Morgan fingerprint density at radius 3 is 2.56 bits per heavy atom. The Kier molecular flexibility index (Phi) is 4.90. The van der Waals surface area contributed by atoms with Crippen LogP contribution in [-0.4, -0.2) is 42.3 Å². The van der Waals surface area contributed by atoms with Crippen molar-refractivity contribution in [2.75, 3.05) is 16.4 Å². The van der Waals surface area contributed by atoms with E-state index in [1.165, 1.54) is 11.8 Å². The van der Waals surface area contributed by atoms with E-state index in [1.54, 1.807) is 43.9 Å². The van der Waals surface area contributed by atoms with Gasteiger partial charge >= 0.3 is 0 Å². The van der Waals surface area contributed by atoms with Gasteiger partial charge in [0, 0.05) is 15.7 Å². The summed E-state index contributed by atoms with van der Waals surface area (Å²) in [5.74, 6) is -0.160. The predicted octanol–water partition coefficient (Wildman–Crippen LogP) is 3.64. The van der Waals surface area contributed by atoms with Gasteiger partial charge in [-0.3, -0.25) is 4.79 Å². The highest BCUT2D eigenvalue weighted by atomic mass is 35.5. The van der Waals surface area contributed by atoms with Gasteiger partial charge in [0.1, 0.15) is 0 Å². The summed E-state index contributed by atoms with van der Waals surface area (Å²) in [6.07, 6.45) is 0. The number of halogens is 2. The van der Waals surface area contributed by atoms with Crippen LogP contribution in [0.15, 0.2) is 23.2 Å². The molecule has 1 amide bonds. The van der Waals surface area contributed by atoms with Crippen LogP contribution in [-0.2, 0) is 14.6 Å². The number of amidine groups is 1. The van der Waals surface area contributed by atoms with E-state index >= 15 is 0 Å². The fourth-order valence-electron chi connectivity index (χ4n) is 2.78. The van der Waals surface area contributed by atoms with Gasteiger partial charge in [0.15, 0.2) is 15.0 Å². The molecule has 3 rings (SSSR count). The zero-order valence-electron chi connectivity index (χ0n) is 14.0. The quantitative estimate of drug-likeness (QED) is 0.693. The van der Waals surface area contributed by atoms with Crippen LogP contribution >= 0.6 is 35.0 Å². The molecule has 0 saturated carbocycles. The molecule has 9 heteroatoms. The van der Waals surface area contributed by atoms with E-state index in [0.29, 0.717) is 20.9 Å². The minimum Gasteiger partial charge on any atom is -0.314 e. The number of thioether (sulfide) groups is 1. The Labute approximate surface area is 161 Å². The van der Waals surface area contributed by atoms with E-state index in [4.69, 9.17) is 23.2 Å². The fraction of sp³-hybridized carbons (Fsp3) is 0.500. The van der Waals surface area contributed by atoms with E-state index in [1.807, 2.05) is 0 Å². The smallest absolute Gasteiger partial charge is 0.253 e. The number of benzene rings is 1. The van der Waals surface area contributed by atoms with Crippen molar-refractivity contribution in [2.24, 2.45) is 10.4 Å². The summed E-state index contributed by atoms with van der Waals surface area (Å²) in [6, 6.07) is 4.73. The Morgan fingerprint density at radius 2 is 1.96 bits per heavy atom. The number of carbonyl (C=O) groups is 1. The van der Waals surface area contributed by atoms with Gasteiger partial charge in [-0.25, -0.2) is 8.42 Å². The van der Waals surface area contributed by atoms with E-state index in [-0.39, 0.29) is 28.7 Å². The molecule has 5 nitrogen and oxygen atoms in total. The van der Waals surface area contributed by atoms with Crippen LogP contribution in [0.5, 0.6) is 0 Å². The zero-order valence-corrected chi connectivity index (χ0v) is 17.1. The monoisotopic (exact) mass is 420 g/mol. The van der Waals surface area contributed by atoms with Crippen LogP contribution in [0.25, 0.3) is 0 Å². The number of hydrogen-bond acceptors (Lipinski definition) is 4. The third-order valence-electron chi connectivity index (χ3n) is 4.07. The Balaban J connectivity index is 2.07.